The lowest BCUT2D eigenvalue weighted by Gasteiger charge is -2.31. The smallest absolute Gasteiger partial charge is 0.416 e. The zero-order chi connectivity index (χ0) is 21.1. The normalized spacial score (nSPS) is 17.0. The summed E-state index contributed by atoms with van der Waals surface area (Å²) < 4.78 is 44.3. The third-order valence-electron chi connectivity index (χ3n) is 4.91. The Hall–Kier alpha value is -3.43. The van der Waals surface area contributed by atoms with Crippen molar-refractivity contribution in [3.05, 3.63) is 65.5 Å². The summed E-state index contributed by atoms with van der Waals surface area (Å²) in [5, 5.41) is 14.0. The van der Waals surface area contributed by atoms with E-state index in [2.05, 4.69) is 20.6 Å². The molecule has 1 amide bonds. The van der Waals surface area contributed by atoms with Crippen LogP contribution < -0.4 is 4.74 Å². The number of benzene rings is 2. The molecule has 0 saturated carbocycles. The molecule has 1 N–H and O–H groups in total. The topological polar surface area (TPSA) is 84.0 Å². The van der Waals surface area contributed by atoms with E-state index in [1.54, 1.807) is 23.1 Å². The number of tetrazole rings is 1. The zero-order valence-corrected chi connectivity index (χ0v) is 15.8. The Labute approximate surface area is 169 Å². The van der Waals surface area contributed by atoms with Gasteiger partial charge < -0.3 is 9.64 Å². The molecule has 2 heterocycles. The molecule has 0 radical (unpaired) electrons. The highest BCUT2D eigenvalue weighted by atomic mass is 19.4. The van der Waals surface area contributed by atoms with Crippen molar-refractivity contribution in [1.82, 2.24) is 25.5 Å². The van der Waals surface area contributed by atoms with Crippen LogP contribution in [-0.4, -0.2) is 44.5 Å². The summed E-state index contributed by atoms with van der Waals surface area (Å²) in [5.74, 6) is 0.731. The number of halogens is 3. The lowest BCUT2D eigenvalue weighted by Crippen LogP contribution is -2.39. The lowest BCUT2D eigenvalue weighted by atomic mass is 9.97. The van der Waals surface area contributed by atoms with Crippen LogP contribution >= 0.6 is 0 Å². The number of aromatic nitrogens is 4. The first kappa shape index (κ1) is 19.9. The highest BCUT2D eigenvalue weighted by Crippen LogP contribution is 2.33. The molecule has 1 atom stereocenters. The van der Waals surface area contributed by atoms with Crippen molar-refractivity contribution >= 4 is 5.91 Å². The second kappa shape index (κ2) is 8.13. The molecule has 1 aliphatic heterocycles. The summed E-state index contributed by atoms with van der Waals surface area (Å²) in [6, 6.07) is 11.0. The minimum absolute atomic E-state index is 0.00555. The van der Waals surface area contributed by atoms with E-state index in [4.69, 9.17) is 4.74 Å². The molecule has 0 unspecified atom stereocenters. The lowest BCUT2D eigenvalue weighted by molar-refractivity contribution is -0.137. The molecule has 7 nitrogen and oxygen atoms in total. The Bertz CT molecular complexity index is 1020. The van der Waals surface area contributed by atoms with Crippen LogP contribution in [0, 0.1) is 0 Å². The molecule has 1 aromatic heterocycles. The Kier molecular flexibility index (Phi) is 5.39. The van der Waals surface area contributed by atoms with Gasteiger partial charge in [0, 0.05) is 24.6 Å². The van der Waals surface area contributed by atoms with Crippen molar-refractivity contribution < 1.29 is 22.7 Å². The van der Waals surface area contributed by atoms with Gasteiger partial charge in [0.2, 0.25) is 0 Å². The molecule has 2 aromatic carbocycles. The number of hydrogen-bond acceptors (Lipinski definition) is 5. The average Bonchev–Trinajstić information content (AvgIpc) is 3.28. The van der Waals surface area contributed by atoms with E-state index in [0.29, 0.717) is 24.5 Å². The number of amides is 1. The summed E-state index contributed by atoms with van der Waals surface area (Å²) in [5.41, 5.74) is -0.402. The van der Waals surface area contributed by atoms with Crippen molar-refractivity contribution in [3.8, 4) is 11.5 Å². The predicted molar refractivity (Wildman–Crippen MR) is 100 cm³/mol. The molecule has 1 saturated heterocycles. The van der Waals surface area contributed by atoms with Gasteiger partial charge in [0.15, 0.2) is 5.82 Å². The number of carbonyl (C=O) groups excluding carboxylic acids is 1. The molecule has 0 bridgehead atoms. The molecule has 30 heavy (non-hydrogen) atoms. The average molecular weight is 417 g/mol. The maximum Gasteiger partial charge on any atom is 0.416 e. The predicted octanol–water partition coefficient (Wildman–Crippen LogP) is 4.03. The summed E-state index contributed by atoms with van der Waals surface area (Å²) in [6.45, 7) is 1.07. The summed E-state index contributed by atoms with van der Waals surface area (Å²) >= 11 is 0. The fourth-order valence-corrected chi connectivity index (χ4v) is 3.46. The molecule has 1 fully saturated rings. The van der Waals surface area contributed by atoms with Gasteiger partial charge in [-0.1, -0.05) is 17.3 Å². The number of rotatable bonds is 4. The van der Waals surface area contributed by atoms with Crippen LogP contribution in [0.25, 0.3) is 0 Å². The van der Waals surface area contributed by atoms with Crippen molar-refractivity contribution in [2.45, 2.75) is 24.9 Å². The SMILES string of the molecule is O=C(c1cccc(Oc2cccc(C(F)(F)F)c2)c1)N1CCC[C@H](c2nn[nH]n2)C1. The van der Waals surface area contributed by atoms with Crippen molar-refractivity contribution in [2.24, 2.45) is 0 Å². The maximum atomic E-state index is 13.0. The van der Waals surface area contributed by atoms with Gasteiger partial charge in [0.1, 0.15) is 11.5 Å². The molecule has 0 aliphatic carbocycles. The second-order valence-electron chi connectivity index (χ2n) is 7.02. The van der Waals surface area contributed by atoms with Gasteiger partial charge in [0.25, 0.3) is 5.91 Å². The number of alkyl halides is 3. The number of likely N-dealkylation sites (tertiary alicyclic amines) is 1. The first-order valence-corrected chi connectivity index (χ1v) is 9.38. The molecular formula is C20H18F3N5O2. The largest absolute Gasteiger partial charge is 0.457 e. The number of H-pyrrole nitrogens is 1. The monoisotopic (exact) mass is 417 g/mol. The van der Waals surface area contributed by atoms with Gasteiger partial charge in [-0.25, -0.2) is 0 Å². The first-order valence-electron chi connectivity index (χ1n) is 9.38. The Morgan fingerprint density at radius 3 is 2.63 bits per heavy atom. The third-order valence-corrected chi connectivity index (χ3v) is 4.91. The number of hydrogen-bond donors (Lipinski definition) is 1. The van der Waals surface area contributed by atoms with E-state index in [1.807, 2.05) is 0 Å². The number of piperidine rings is 1. The quantitative estimate of drug-likeness (QED) is 0.693. The Balaban J connectivity index is 1.48. The van der Waals surface area contributed by atoms with E-state index in [0.717, 1.165) is 25.0 Å². The van der Waals surface area contributed by atoms with Crippen molar-refractivity contribution in [1.29, 1.82) is 0 Å². The zero-order valence-electron chi connectivity index (χ0n) is 15.8. The number of aromatic amines is 1. The number of ether oxygens (including phenoxy) is 1. The number of nitrogens with one attached hydrogen (secondary N) is 1. The van der Waals surface area contributed by atoms with Gasteiger partial charge >= 0.3 is 6.18 Å². The van der Waals surface area contributed by atoms with Crippen LogP contribution in [0.1, 0.15) is 40.5 Å². The molecule has 3 aromatic rings. The van der Waals surface area contributed by atoms with Gasteiger partial charge in [-0.05, 0) is 49.2 Å². The summed E-state index contributed by atoms with van der Waals surface area (Å²) in [7, 11) is 0. The molecule has 0 spiro atoms. The molecule has 1 aliphatic rings. The third kappa shape index (κ3) is 4.42. The summed E-state index contributed by atoms with van der Waals surface area (Å²) in [6.07, 6.45) is -2.78. The first-order chi connectivity index (χ1) is 14.4. The van der Waals surface area contributed by atoms with Gasteiger partial charge in [-0.15, -0.1) is 10.2 Å². The van der Waals surface area contributed by atoms with Crippen LogP contribution in [0.2, 0.25) is 0 Å². The standard InChI is InChI=1S/C20H18F3N5O2/c21-20(22,23)15-6-2-8-17(11-15)30-16-7-1-4-13(10-16)19(29)28-9-3-5-14(12-28)18-24-26-27-25-18/h1-2,4,6-8,10-11,14H,3,5,9,12H2,(H,24,25,26,27)/t14-/m0/s1. The fourth-order valence-electron chi connectivity index (χ4n) is 3.46. The molecular weight excluding hydrogens is 399 g/mol. The van der Waals surface area contributed by atoms with E-state index in [9.17, 15) is 18.0 Å². The number of nitrogens with zero attached hydrogens (tertiary/aromatic N) is 4. The highest BCUT2D eigenvalue weighted by Gasteiger charge is 2.31. The van der Waals surface area contributed by atoms with Crippen LogP contribution in [0.3, 0.4) is 0 Å². The van der Waals surface area contributed by atoms with Crippen LogP contribution in [-0.2, 0) is 6.18 Å². The van der Waals surface area contributed by atoms with Crippen molar-refractivity contribution in [3.63, 3.8) is 0 Å². The fraction of sp³-hybridized carbons (Fsp3) is 0.300. The molecule has 156 valence electrons. The Morgan fingerprint density at radius 1 is 1.13 bits per heavy atom. The van der Waals surface area contributed by atoms with E-state index < -0.39 is 11.7 Å². The minimum Gasteiger partial charge on any atom is -0.457 e. The van der Waals surface area contributed by atoms with Crippen LogP contribution in [0.5, 0.6) is 11.5 Å². The highest BCUT2D eigenvalue weighted by molar-refractivity contribution is 5.94. The molecule has 4 rings (SSSR count). The van der Waals surface area contributed by atoms with Crippen molar-refractivity contribution in [2.75, 3.05) is 13.1 Å². The van der Waals surface area contributed by atoms with Gasteiger partial charge in [0.05, 0.1) is 5.56 Å². The van der Waals surface area contributed by atoms with Crippen LogP contribution in [0.4, 0.5) is 13.2 Å². The summed E-state index contributed by atoms with van der Waals surface area (Å²) in [4.78, 5) is 14.7. The maximum absolute atomic E-state index is 13.0. The van der Waals surface area contributed by atoms with Gasteiger partial charge in [-0.3, -0.25) is 4.79 Å². The minimum atomic E-state index is -4.46. The second-order valence-corrected chi connectivity index (χ2v) is 7.02. The Morgan fingerprint density at radius 2 is 1.90 bits per heavy atom. The molecule has 10 heteroatoms. The van der Waals surface area contributed by atoms with E-state index >= 15 is 0 Å². The van der Waals surface area contributed by atoms with Crippen LogP contribution in [0.15, 0.2) is 48.5 Å². The number of carbonyl (C=O) groups is 1. The van der Waals surface area contributed by atoms with E-state index in [1.165, 1.54) is 18.2 Å². The van der Waals surface area contributed by atoms with E-state index in [-0.39, 0.29) is 23.3 Å². The van der Waals surface area contributed by atoms with Gasteiger partial charge in [-0.2, -0.15) is 18.4 Å².